The second-order valence-electron chi connectivity index (χ2n) is 7.01. The summed E-state index contributed by atoms with van der Waals surface area (Å²) in [5.74, 6) is 0.147. The molecule has 2 aromatic rings. The van der Waals surface area contributed by atoms with Crippen molar-refractivity contribution in [3.05, 3.63) is 53.3 Å². The van der Waals surface area contributed by atoms with E-state index in [0.29, 0.717) is 6.04 Å². The topological polar surface area (TPSA) is 41.4 Å². The van der Waals surface area contributed by atoms with Gasteiger partial charge in [-0.15, -0.1) is 0 Å². The molecule has 0 saturated carbocycles. The molecule has 0 aliphatic carbocycles. The molecule has 5 nitrogen and oxygen atoms in total. The summed E-state index contributed by atoms with van der Waals surface area (Å²) in [7, 11) is 0. The van der Waals surface area contributed by atoms with Crippen molar-refractivity contribution < 1.29 is 4.79 Å². The number of rotatable bonds is 4. The van der Waals surface area contributed by atoms with Crippen LogP contribution in [0, 0.1) is 13.8 Å². The molecule has 1 atom stereocenters. The minimum Gasteiger partial charge on any atom is -0.337 e. The molecule has 25 heavy (non-hydrogen) atoms. The summed E-state index contributed by atoms with van der Waals surface area (Å²) in [6.07, 6.45) is 1.01. The maximum atomic E-state index is 12.7. The van der Waals surface area contributed by atoms with E-state index in [1.165, 1.54) is 5.69 Å². The lowest BCUT2D eigenvalue weighted by molar-refractivity contribution is 0.0757. The van der Waals surface area contributed by atoms with Gasteiger partial charge in [-0.3, -0.25) is 14.4 Å². The first-order valence-corrected chi connectivity index (χ1v) is 9.14. The van der Waals surface area contributed by atoms with Gasteiger partial charge >= 0.3 is 0 Å². The molecule has 0 N–H and O–H groups in total. The number of hydrogen-bond acceptors (Lipinski definition) is 3. The average Bonchev–Trinajstić information content (AvgIpc) is 2.81. The van der Waals surface area contributed by atoms with E-state index in [-0.39, 0.29) is 5.91 Å². The molecule has 1 aromatic heterocycles. The van der Waals surface area contributed by atoms with Gasteiger partial charge in [-0.2, -0.15) is 5.10 Å². The highest BCUT2D eigenvalue weighted by atomic mass is 16.2. The zero-order valence-corrected chi connectivity index (χ0v) is 15.5. The van der Waals surface area contributed by atoms with Gasteiger partial charge in [0.2, 0.25) is 0 Å². The van der Waals surface area contributed by atoms with E-state index in [1.807, 2.05) is 42.2 Å². The van der Waals surface area contributed by atoms with E-state index < -0.39 is 0 Å². The monoisotopic (exact) mass is 340 g/mol. The Morgan fingerprint density at radius 1 is 1.12 bits per heavy atom. The predicted octanol–water partition coefficient (Wildman–Crippen LogP) is 2.74. The standard InChI is InChI=1S/C20H28N4O/c1-16-14-17(2)24(21-16)15-18(3)22-10-7-11-23(13-12-22)20(25)19-8-5-4-6-9-19/h4-6,8-9,14,18H,7,10-13,15H2,1-3H3. The summed E-state index contributed by atoms with van der Waals surface area (Å²) in [5.41, 5.74) is 3.06. The van der Waals surface area contributed by atoms with Gasteiger partial charge in [0.05, 0.1) is 12.2 Å². The highest BCUT2D eigenvalue weighted by Crippen LogP contribution is 2.13. The minimum absolute atomic E-state index is 0.147. The summed E-state index contributed by atoms with van der Waals surface area (Å²) in [6, 6.07) is 12.1. The number of aromatic nitrogens is 2. The van der Waals surface area contributed by atoms with Crippen LogP contribution in [0.2, 0.25) is 0 Å². The molecular formula is C20H28N4O. The van der Waals surface area contributed by atoms with Crippen molar-refractivity contribution >= 4 is 5.91 Å². The van der Waals surface area contributed by atoms with Crippen LogP contribution in [0.4, 0.5) is 0 Å². The molecule has 0 spiro atoms. The van der Waals surface area contributed by atoms with Gasteiger partial charge in [0.1, 0.15) is 0 Å². The Kier molecular flexibility index (Phi) is 5.53. The van der Waals surface area contributed by atoms with Crippen molar-refractivity contribution in [3.63, 3.8) is 0 Å². The Bertz CT molecular complexity index is 710. The molecule has 0 bridgehead atoms. The summed E-state index contributed by atoms with van der Waals surface area (Å²) in [5, 5.41) is 4.58. The molecule has 1 unspecified atom stereocenters. The molecule has 1 aliphatic heterocycles. The van der Waals surface area contributed by atoms with Crippen LogP contribution < -0.4 is 0 Å². The predicted molar refractivity (Wildman–Crippen MR) is 99.7 cm³/mol. The summed E-state index contributed by atoms with van der Waals surface area (Å²) < 4.78 is 2.10. The van der Waals surface area contributed by atoms with E-state index in [1.54, 1.807) is 0 Å². The van der Waals surface area contributed by atoms with Crippen LogP contribution in [0.3, 0.4) is 0 Å². The molecule has 1 fully saturated rings. The van der Waals surface area contributed by atoms with Crippen LogP contribution in [-0.4, -0.2) is 57.7 Å². The van der Waals surface area contributed by atoms with Gasteiger partial charge in [-0.1, -0.05) is 18.2 Å². The smallest absolute Gasteiger partial charge is 0.253 e. The molecule has 2 heterocycles. The number of hydrogen-bond donors (Lipinski definition) is 0. The zero-order chi connectivity index (χ0) is 17.8. The maximum absolute atomic E-state index is 12.7. The summed E-state index contributed by atoms with van der Waals surface area (Å²) in [4.78, 5) is 17.1. The van der Waals surface area contributed by atoms with E-state index in [0.717, 1.165) is 50.4 Å². The van der Waals surface area contributed by atoms with Gasteiger partial charge < -0.3 is 4.90 Å². The van der Waals surface area contributed by atoms with Crippen molar-refractivity contribution in [1.82, 2.24) is 19.6 Å². The number of amides is 1. The first-order valence-electron chi connectivity index (χ1n) is 9.14. The molecule has 3 rings (SSSR count). The molecule has 1 amide bonds. The fraction of sp³-hybridized carbons (Fsp3) is 0.500. The Morgan fingerprint density at radius 2 is 1.88 bits per heavy atom. The molecule has 0 radical (unpaired) electrons. The van der Waals surface area contributed by atoms with Gasteiger partial charge in [0, 0.05) is 43.5 Å². The SMILES string of the molecule is Cc1cc(C)n(CC(C)N2CCCN(C(=O)c3ccccc3)CC2)n1. The quantitative estimate of drug-likeness (QED) is 0.859. The van der Waals surface area contributed by atoms with Crippen molar-refractivity contribution in [1.29, 1.82) is 0 Å². The molecule has 1 aliphatic rings. The fourth-order valence-corrected chi connectivity index (χ4v) is 3.57. The van der Waals surface area contributed by atoms with Crippen LogP contribution in [-0.2, 0) is 6.54 Å². The fourth-order valence-electron chi connectivity index (χ4n) is 3.57. The first-order chi connectivity index (χ1) is 12.0. The van der Waals surface area contributed by atoms with Gasteiger partial charge in [0.25, 0.3) is 5.91 Å². The second kappa shape index (κ2) is 7.83. The number of carbonyl (C=O) groups excluding carboxylic acids is 1. The van der Waals surface area contributed by atoms with Gasteiger partial charge in [0.15, 0.2) is 0 Å². The first kappa shape index (κ1) is 17.7. The van der Waals surface area contributed by atoms with Gasteiger partial charge in [-0.05, 0) is 45.4 Å². The second-order valence-corrected chi connectivity index (χ2v) is 7.01. The largest absolute Gasteiger partial charge is 0.337 e. The maximum Gasteiger partial charge on any atom is 0.253 e. The lowest BCUT2D eigenvalue weighted by atomic mass is 10.2. The van der Waals surface area contributed by atoms with E-state index in [2.05, 4.69) is 34.6 Å². The van der Waals surface area contributed by atoms with E-state index >= 15 is 0 Å². The number of nitrogens with zero attached hydrogens (tertiary/aromatic N) is 4. The van der Waals surface area contributed by atoms with Crippen molar-refractivity contribution in [2.75, 3.05) is 26.2 Å². The Hall–Kier alpha value is -2.14. The summed E-state index contributed by atoms with van der Waals surface area (Å²) >= 11 is 0. The zero-order valence-electron chi connectivity index (χ0n) is 15.5. The Morgan fingerprint density at radius 3 is 2.56 bits per heavy atom. The minimum atomic E-state index is 0.147. The molecule has 5 heteroatoms. The van der Waals surface area contributed by atoms with E-state index in [4.69, 9.17) is 0 Å². The van der Waals surface area contributed by atoms with Gasteiger partial charge in [-0.25, -0.2) is 0 Å². The summed E-state index contributed by atoms with van der Waals surface area (Å²) in [6.45, 7) is 10.9. The Balaban J connectivity index is 1.59. The van der Waals surface area contributed by atoms with Crippen LogP contribution in [0.25, 0.3) is 0 Å². The lowest BCUT2D eigenvalue weighted by Gasteiger charge is -2.28. The van der Waals surface area contributed by atoms with Crippen LogP contribution >= 0.6 is 0 Å². The normalized spacial score (nSPS) is 17.3. The Labute approximate surface area is 150 Å². The van der Waals surface area contributed by atoms with Crippen LogP contribution in [0.15, 0.2) is 36.4 Å². The van der Waals surface area contributed by atoms with Crippen molar-refractivity contribution in [2.24, 2.45) is 0 Å². The number of benzene rings is 1. The van der Waals surface area contributed by atoms with Crippen molar-refractivity contribution in [2.45, 2.75) is 39.8 Å². The lowest BCUT2D eigenvalue weighted by Crippen LogP contribution is -2.40. The molecular weight excluding hydrogens is 312 g/mol. The highest BCUT2D eigenvalue weighted by molar-refractivity contribution is 5.94. The molecule has 1 aromatic carbocycles. The number of aryl methyl sites for hydroxylation is 2. The van der Waals surface area contributed by atoms with Crippen LogP contribution in [0.1, 0.15) is 35.1 Å². The highest BCUT2D eigenvalue weighted by Gasteiger charge is 2.23. The molecule has 134 valence electrons. The number of carbonyl (C=O) groups is 1. The van der Waals surface area contributed by atoms with E-state index in [9.17, 15) is 4.79 Å². The third-order valence-corrected chi connectivity index (χ3v) is 5.00. The molecule has 1 saturated heterocycles. The van der Waals surface area contributed by atoms with Crippen LogP contribution in [0.5, 0.6) is 0 Å². The van der Waals surface area contributed by atoms with Crippen molar-refractivity contribution in [3.8, 4) is 0 Å². The average molecular weight is 340 g/mol. The third-order valence-electron chi connectivity index (χ3n) is 5.00. The third kappa shape index (κ3) is 4.28.